The SMILES string of the molecule is CCOC(=O)C1CCC(N(C)C(=O)C(C)C)CC1. The Morgan fingerprint density at radius 1 is 1.22 bits per heavy atom. The van der Waals surface area contributed by atoms with Gasteiger partial charge in [0.25, 0.3) is 0 Å². The highest BCUT2D eigenvalue weighted by atomic mass is 16.5. The number of carbonyl (C=O) groups is 2. The Labute approximate surface area is 110 Å². The van der Waals surface area contributed by atoms with Crippen LogP contribution in [0.15, 0.2) is 0 Å². The quantitative estimate of drug-likeness (QED) is 0.724. The largest absolute Gasteiger partial charge is 0.466 e. The van der Waals surface area contributed by atoms with Crippen LogP contribution in [0.4, 0.5) is 0 Å². The molecule has 0 bridgehead atoms. The number of rotatable bonds is 4. The van der Waals surface area contributed by atoms with Gasteiger partial charge in [0.05, 0.1) is 12.5 Å². The Bertz CT molecular complexity index is 293. The van der Waals surface area contributed by atoms with Crippen LogP contribution >= 0.6 is 0 Å². The van der Waals surface area contributed by atoms with Crippen LogP contribution in [0.2, 0.25) is 0 Å². The third kappa shape index (κ3) is 3.72. The lowest BCUT2D eigenvalue weighted by Crippen LogP contribution is -2.42. The van der Waals surface area contributed by atoms with Crippen LogP contribution in [0.25, 0.3) is 0 Å². The molecule has 1 fully saturated rings. The first-order valence-corrected chi connectivity index (χ1v) is 6.90. The van der Waals surface area contributed by atoms with Crippen molar-refractivity contribution in [1.82, 2.24) is 4.90 Å². The number of hydrogen-bond donors (Lipinski definition) is 0. The van der Waals surface area contributed by atoms with Gasteiger partial charge >= 0.3 is 5.97 Å². The van der Waals surface area contributed by atoms with Crippen LogP contribution in [0.3, 0.4) is 0 Å². The summed E-state index contributed by atoms with van der Waals surface area (Å²) in [5.41, 5.74) is 0. The van der Waals surface area contributed by atoms with Crippen molar-refractivity contribution in [2.75, 3.05) is 13.7 Å². The van der Waals surface area contributed by atoms with Gasteiger partial charge in [-0.15, -0.1) is 0 Å². The molecule has 0 unspecified atom stereocenters. The summed E-state index contributed by atoms with van der Waals surface area (Å²) in [6.45, 7) is 6.12. The first kappa shape index (κ1) is 15.0. The summed E-state index contributed by atoms with van der Waals surface area (Å²) in [6, 6.07) is 0.283. The van der Waals surface area contributed by atoms with Crippen LogP contribution in [0.1, 0.15) is 46.5 Å². The number of hydrogen-bond acceptors (Lipinski definition) is 3. The van der Waals surface area contributed by atoms with Crippen molar-refractivity contribution in [2.24, 2.45) is 11.8 Å². The summed E-state index contributed by atoms with van der Waals surface area (Å²) in [6.07, 6.45) is 3.47. The molecule has 4 nitrogen and oxygen atoms in total. The van der Waals surface area contributed by atoms with E-state index in [0.29, 0.717) is 6.61 Å². The first-order valence-electron chi connectivity index (χ1n) is 6.90. The van der Waals surface area contributed by atoms with E-state index in [9.17, 15) is 9.59 Å². The van der Waals surface area contributed by atoms with E-state index in [1.807, 2.05) is 32.7 Å². The van der Waals surface area contributed by atoms with Gasteiger partial charge in [-0.1, -0.05) is 13.8 Å². The molecule has 1 aliphatic carbocycles. The summed E-state index contributed by atoms with van der Waals surface area (Å²) in [5, 5.41) is 0. The Hall–Kier alpha value is -1.06. The maximum absolute atomic E-state index is 11.9. The van der Waals surface area contributed by atoms with Crippen molar-refractivity contribution in [3.8, 4) is 0 Å². The van der Waals surface area contributed by atoms with Crippen molar-refractivity contribution in [3.05, 3.63) is 0 Å². The molecule has 0 aromatic carbocycles. The number of ether oxygens (including phenoxy) is 1. The Morgan fingerprint density at radius 3 is 2.22 bits per heavy atom. The maximum Gasteiger partial charge on any atom is 0.308 e. The topological polar surface area (TPSA) is 46.6 Å². The summed E-state index contributed by atoms with van der Waals surface area (Å²) >= 11 is 0. The van der Waals surface area contributed by atoms with Crippen LogP contribution in [0.5, 0.6) is 0 Å². The van der Waals surface area contributed by atoms with Gasteiger partial charge in [0.1, 0.15) is 0 Å². The van der Waals surface area contributed by atoms with Gasteiger partial charge in [-0.2, -0.15) is 0 Å². The van der Waals surface area contributed by atoms with E-state index >= 15 is 0 Å². The third-order valence-corrected chi connectivity index (χ3v) is 3.71. The normalized spacial score (nSPS) is 23.8. The van der Waals surface area contributed by atoms with Crippen molar-refractivity contribution >= 4 is 11.9 Å². The van der Waals surface area contributed by atoms with E-state index in [0.717, 1.165) is 25.7 Å². The molecule has 0 radical (unpaired) electrons. The predicted molar refractivity (Wildman–Crippen MR) is 70.0 cm³/mol. The first-order chi connectivity index (χ1) is 8.47. The summed E-state index contributed by atoms with van der Waals surface area (Å²) in [4.78, 5) is 25.4. The van der Waals surface area contributed by atoms with E-state index in [1.165, 1.54) is 0 Å². The molecule has 0 saturated heterocycles. The van der Waals surface area contributed by atoms with E-state index in [-0.39, 0.29) is 29.8 Å². The number of nitrogens with zero attached hydrogens (tertiary/aromatic N) is 1. The Kier molecular flexibility index (Phi) is 5.63. The maximum atomic E-state index is 11.9. The van der Waals surface area contributed by atoms with Crippen LogP contribution in [-0.2, 0) is 14.3 Å². The number of amides is 1. The molecule has 0 N–H and O–H groups in total. The second-order valence-electron chi connectivity index (χ2n) is 5.36. The standard InChI is InChI=1S/C14H25NO3/c1-5-18-14(17)11-6-8-12(9-7-11)15(4)13(16)10(2)3/h10-12H,5-9H2,1-4H3. The average Bonchev–Trinajstić information content (AvgIpc) is 2.37. The van der Waals surface area contributed by atoms with Gasteiger partial charge < -0.3 is 9.64 Å². The molecule has 1 amide bonds. The molecule has 0 aliphatic heterocycles. The molecule has 1 saturated carbocycles. The highest BCUT2D eigenvalue weighted by Crippen LogP contribution is 2.28. The summed E-state index contributed by atoms with van der Waals surface area (Å²) in [5.74, 6) is 0.185. The van der Waals surface area contributed by atoms with Gasteiger partial charge in [-0.3, -0.25) is 9.59 Å². The van der Waals surface area contributed by atoms with Gasteiger partial charge in [0, 0.05) is 19.0 Å². The second kappa shape index (κ2) is 6.76. The lowest BCUT2D eigenvalue weighted by atomic mass is 9.85. The van der Waals surface area contributed by atoms with Crippen molar-refractivity contribution in [3.63, 3.8) is 0 Å². The van der Waals surface area contributed by atoms with Gasteiger partial charge in [0.15, 0.2) is 0 Å². The van der Waals surface area contributed by atoms with Gasteiger partial charge in [-0.05, 0) is 32.6 Å². The molecular weight excluding hydrogens is 230 g/mol. The zero-order valence-corrected chi connectivity index (χ0v) is 11.9. The van der Waals surface area contributed by atoms with E-state index in [2.05, 4.69) is 0 Å². The van der Waals surface area contributed by atoms with E-state index < -0.39 is 0 Å². The molecule has 1 aliphatic rings. The molecule has 0 heterocycles. The second-order valence-corrected chi connectivity index (χ2v) is 5.36. The molecule has 104 valence electrons. The lowest BCUT2D eigenvalue weighted by Gasteiger charge is -2.34. The molecule has 0 atom stereocenters. The number of carbonyl (C=O) groups excluding carboxylic acids is 2. The monoisotopic (exact) mass is 255 g/mol. The van der Waals surface area contributed by atoms with Crippen LogP contribution in [-0.4, -0.2) is 36.5 Å². The fraction of sp³-hybridized carbons (Fsp3) is 0.857. The minimum Gasteiger partial charge on any atom is -0.466 e. The zero-order valence-electron chi connectivity index (χ0n) is 11.9. The fourth-order valence-corrected chi connectivity index (χ4v) is 2.55. The molecule has 1 rings (SSSR count). The molecule has 4 heteroatoms. The molecule has 0 aromatic heterocycles. The number of esters is 1. The van der Waals surface area contributed by atoms with Crippen LogP contribution in [0, 0.1) is 11.8 Å². The third-order valence-electron chi connectivity index (χ3n) is 3.71. The van der Waals surface area contributed by atoms with Gasteiger partial charge in [0.2, 0.25) is 5.91 Å². The highest BCUT2D eigenvalue weighted by molar-refractivity contribution is 5.78. The molecule has 0 aromatic rings. The predicted octanol–water partition coefficient (Wildman–Crippen LogP) is 2.22. The van der Waals surface area contributed by atoms with E-state index in [4.69, 9.17) is 4.74 Å². The minimum atomic E-state index is -0.0752. The van der Waals surface area contributed by atoms with Gasteiger partial charge in [-0.25, -0.2) is 0 Å². The van der Waals surface area contributed by atoms with E-state index in [1.54, 1.807) is 0 Å². The lowest BCUT2D eigenvalue weighted by molar-refractivity contribution is -0.149. The molecular formula is C14H25NO3. The Morgan fingerprint density at radius 2 is 1.78 bits per heavy atom. The Balaban J connectivity index is 2.44. The van der Waals surface area contributed by atoms with Crippen LogP contribution < -0.4 is 0 Å². The average molecular weight is 255 g/mol. The smallest absolute Gasteiger partial charge is 0.308 e. The highest BCUT2D eigenvalue weighted by Gasteiger charge is 2.31. The van der Waals surface area contributed by atoms with Crippen molar-refractivity contribution in [2.45, 2.75) is 52.5 Å². The zero-order chi connectivity index (χ0) is 13.7. The minimum absolute atomic E-state index is 0.0313. The van der Waals surface area contributed by atoms with Crippen molar-refractivity contribution < 1.29 is 14.3 Å². The molecule has 18 heavy (non-hydrogen) atoms. The summed E-state index contributed by atoms with van der Waals surface area (Å²) < 4.78 is 5.04. The summed E-state index contributed by atoms with van der Waals surface area (Å²) in [7, 11) is 1.87. The molecule has 0 spiro atoms. The van der Waals surface area contributed by atoms with Crippen molar-refractivity contribution in [1.29, 1.82) is 0 Å². The fourth-order valence-electron chi connectivity index (χ4n) is 2.55.